The summed E-state index contributed by atoms with van der Waals surface area (Å²) in [5, 5.41) is 4.08. The van der Waals surface area contributed by atoms with Crippen LogP contribution < -0.4 is 4.90 Å². The maximum atomic E-state index is 5.50. The first-order chi connectivity index (χ1) is 11.6. The number of aryl methyl sites for hydroxylation is 1. The number of aromatic nitrogens is 2. The van der Waals surface area contributed by atoms with Gasteiger partial charge in [0.05, 0.1) is 19.4 Å². The number of anilines is 1. The molecular formula is C19H23N3O2. The van der Waals surface area contributed by atoms with E-state index in [2.05, 4.69) is 60.1 Å². The molecule has 5 nitrogen and oxygen atoms in total. The molecule has 1 aromatic carbocycles. The van der Waals surface area contributed by atoms with Crippen LogP contribution in [0.4, 0.5) is 5.69 Å². The largest absolute Gasteiger partial charge is 0.467 e. The van der Waals surface area contributed by atoms with E-state index in [1.165, 1.54) is 5.56 Å². The van der Waals surface area contributed by atoms with Crippen molar-refractivity contribution in [1.82, 2.24) is 10.1 Å². The lowest BCUT2D eigenvalue weighted by Gasteiger charge is -2.22. The molecule has 0 N–H and O–H groups in total. The van der Waals surface area contributed by atoms with Crippen molar-refractivity contribution in [3.8, 4) is 0 Å². The predicted molar refractivity (Wildman–Crippen MR) is 92.6 cm³/mol. The molecule has 2 aromatic heterocycles. The highest BCUT2D eigenvalue weighted by Crippen LogP contribution is 2.21. The van der Waals surface area contributed by atoms with Gasteiger partial charge in [0.1, 0.15) is 5.76 Å². The summed E-state index contributed by atoms with van der Waals surface area (Å²) in [5.41, 5.74) is 2.33. The monoisotopic (exact) mass is 325 g/mol. The van der Waals surface area contributed by atoms with Crippen LogP contribution in [0.5, 0.6) is 0 Å². The van der Waals surface area contributed by atoms with Crippen LogP contribution in [0.25, 0.3) is 0 Å². The van der Waals surface area contributed by atoms with E-state index in [1.54, 1.807) is 6.26 Å². The summed E-state index contributed by atoms with van der Waals surface area (Å²) >= 11 is 0. The molecule has 0 spiro atoms. The van der Waals surface area contributed by atoms with Crippen molar-refractivity contribution in [1.29, 1.82) is 0 Å². The molecule has 0 atom stereocenters. The van der Waals surface area contributed by atoms with Gasteiger partial charge in [-0.2, -0.15) is 4.98 Å². The van der Waals surface area contributed by atoms with Gasteiger partial charge >= 0.3 is 0 Å². The zero-order chi connectivity index (χ0) is 16.9. The molecule has 0 unspecified atom stereocenters. The van der Waals surface area contributed by atoms with Crippen LogP contribution in [0.15, 0.2) is 51.6 Å². The highest BCUT2D eigenvalue weighted by molar-refractivity contribution is 5.47. The quantitative estimate of drug-likeness (QED) is 0.645. The molecular weight excluding hydrogens is 302 g/mol. The summed E-state index contributed by atoms with van der Waals surface area (Å²) in [5.74, 6) is 2.80. The lowest BCUT2D eigenvalue weighted by molar-refractivity contribution is 0.366. The molecule has 0 bridgehead atoms. The van der Waals surface area contributed by atoms with Gasteiger partial charge in [-0.1, -0.05) is 36.7 Å². The Kier molecular flexibility index (Phi) is 4.99. The van der Waals surface area contributed by atoms with Crippen molar-refractivity contribution in [3.63, 3.8) is 0 Å². The Morgan fingerprint density at radius 2 is 1.88 bits per heavy atom. The topological polar surface area (TPSA) is 55.3 Å². The maximum Gasteiger partial charge on any atom is 0.246 e. The van der Waals surface area contributed by atoms with Crippen LogP contribution in [0.1, 0.15) is 36.9 Å². The summed E-state index contributed by atoms with van der Waals surface area (Å²) in [6.45, 7) is 7.57. The van der Waals surface area contributed by atoms with Crippen molar-refractivity contribution in [3.05, 3.63) is 65.7 Å². The fraction of sp³-hybridized carbons (Fsp3) is 0.368. The minimum Gasteiger partial charge on any atom is -0.467 e. The molecule has 0 aliphatic carbocycles. The molecule has 3 aromatic rings. The first kappa shape index (κ1) is 16.3. The number of furan rings is 1. The summed E-state index contributed by atoms with van der Waals surface area (Å²) in [7, 11) is 0. The molecule has 0 aliphatic rings. The lowest BCUT2D eigenvalue weighted by Crippen LogP contribution is -2.22. The minimum atomic E-state index is 0.506. The predicted octanol–water partition coefficient (Wildman–Crippen LogP) is 4.38. The van der Waals surface area contributed by atoms with E-state index in [4.69, 9.17) is 8.94 Å². The van der Waals surface area contributed by atoms with Crippen LogP contribution >= 0.6 is 0 Å². The SMILES string of the molecule is Cc1ccc(N(Cc2ccco2)Cc2nc(CC(C)C)no2)cc1. The Labute approximate surface area is 142 Å². The Balaban J connectivity index is 1.78. The van der Waals surface area contributed by atoms with Crippen LogP contribution in [-0.2, 0) is 19.5 Å². The first-order valence-corrected chi connectivity index (χ1v) is 8.25. The number of rotatable bonds is 7. The normalized spacial score (nSPS) is 11.2. The molecule has 0 saturated heterocycles. The standard InChI is InChI=1S/C19H23N3O2/c1-14(2)11-18-20-19(24-21-18)13-22(12-17-5-4-10-23-17)16-8-6-15(3)7-9-16/h4-10,14H,11-13H2,1-3H3. The summed E-state index contributed by atoms with van der Waals surface area (Å²) in [6, 6.07) is 12.3. The average molecular weight is 325 g/mol. The average Bonchev–Trinajstić information content (AvgIpc) is 3.19. The second-order valence-electron chi connectivity index (χ2n) is 6.47. The van der Waals surface area contributed by atoms with Gasteiger partial charge in [0.2, 0.25) is 5.89 Å². The number of nitrogens with zero attached hydrogens (tertiary/aromatic N) is 3. The van der Waals surface area contributed by atoms with Gasteiger partial charge in [-0.3, -0.25) is 0 Å². The maximum absolute atomic E-state index is 5.50. The second-order valence-corrected chi connectivity index (χ2v) is 6.47. The van der Waals surface area contributed by atoms with Crippen LogP contribution in [0.2, 0.25) is 0 Å². The molecule has 126 valence electrons. The smallest absolute Gasteiger partial charge is 0.246 e. The molecule has 5 heteroatoms. The molecule has 3 rings (SSSR count). The van der Waals surface area contributed by atoms with Gasteiger partial charge in [-0.25, -0.2) is 0 Å². The molecule has 0 saturated carbocycles. The zero-order valence-corrected chi connectivity index (χ0v) is 14.4. The Morgan fingerprint density at radius 3 is 2.54 bits per heavy atom. The van der Waals surface area contributed by atoms with E-state index in [1.807, 2.05) is 12.1 Å². The highest BCUT2D eigenvalue weighted by Gasteiger charge is 2.15. The number of hydrogen-bond acceptors (Lipinski definition) is 5. The van der Waals surface area contributed by atoms with E-state index >= 15 is 0 Å². The van der Waals surface area contributed by atoms with Gasteiger partial charge in [0, 0.05) is 12.1 Å². The van der Waals surface area contributed by atoms with E-state index in [0.717, 1.165) is 23.7 Å². The summed E-state index contributed by atoms with van der Waals surface area (Å²) in [6.07, 6.45) is 2.52. The van der Waals surface area contributed by atoms with Gasteiger partial charge in [0.15, 0.2) is 5.82 Å². The molecule has 0 amide bonds. The van der Waals surface area contributed by atoms with Crippen molar-refractivity contribution in [2.45, 2.75) is 40.3 Å². The summed E-state index contributed by atoms with van der Waals surface area (Å²) < 4.78 is 10.9. The third-order valence-electron chi connectivity index (χ3n) is 3.75. The van der Waals surface area contributed by atoms with Gasteiger partial charge < -0.3 is 13.8 Å². The zero-order valence-electron chi connectivity index (χ0n) is 14.4. The van der Waals surface area contributed by atoms with E-state index in [9.17, 15) is 0 Å². The molecule has 2 heterocycles. The van der Waals surface area contributed by atoms with Crippen molar-refractivity contribution in [2.75, 3.05) is 4.90 Å². The molecule has 0 aliphatic heterocycles. The Bertz CT molecular complexity index is 745. The van der Waals surface area contributed by atoms with Gasteiger partial charge in [0.25, 0.3) is 0 Å². The molecule has 0 radical (unpaired) electrons. The van der Waals surface area contributed by atoms with Gasteiger partial charge in [-0.15, -0.1) is 0 Å². The third-order valence-corrected chi connectivity index (χ3v) is 3.75. The fourth-order valence-electron chi connectivity index (χ4n) is 2.55. The Hall–Kier alpha value is -2.56. The first-order valence-electron chi connectivity index (χ1n) is 8.25. The highest BCUT2D eigenvalue weighted by atomic mass is 16.5. The lowest BCUT2D eigenvalue weighted by atomic mass is 10.1. The van der Waals surface area contributed by atoms with Crippen molar-refractivity contribution >= 4 is 5.69 Å². The van der Waals surface area contributed by atoms with Crippen molar-refractivity contribution in [2.24, 2.45) is 5.92 Å². The Morgan fingerprint density at radius 1 is 1.08 bits per heavy atom. The second kappa shape index (κ2) is 7.34. The van der Waals surface area contributed by atoms with Crippen LogP contribution in [0.3, 0.4) is 0 Å². The molecule has 24 heavy (non-hydrogen) atoms. The van der Waals surface area contributed by atoms with E-state index in [0.29, 0.717) is 24.9 Å². The molecule has 0 fully saturated rings. The number of hydrogen-bond donors (Lipinski definition) is 0. The van der Waals surface area contributed by atoms with Gasteiger partial charge in [-0.05, 0) is 37.1 Å². The minimum absolute atomic E-state index is 0.506. The van der Waals surface area contributed by atoms with Crippen LogP contribution in [-0.4, -0.2) is 10.1 Å². The fourth-order valence-corrected chi connectivity index (χ4v) is 2.55. The van der Waals surface area contributed by atoms with E-state index in [-0.39, 0.29) is 0 Å². The van der Waals surface area contributed by atoms with E-state index < -0.39 is 0 Å². The van der Waals surface area contributed by atoms with Crippen LogP contribution in [0, 0.1) is 12.8 Å². The van der Waals surface area contributed by atoms with Crippen molar-refractivity contribution < 1.29 is 8.94 Å². The third kappa shape index (κ3) is 4.25. The summed E-state index contributed by atoms with van der Waals surface area (Å²) in [4.78, 5) is 6.68. The number of benzene rings is 1.